The number of rotatable bonds is 8. The summed E-state index contributed by atoms with van der Waals surface area (Å²) in [7, 11) is 1.67. The number of aliphatic imine (C=N–C) groups is 1. The number of amides is 1. The van der Waals surface area contributed by atoms with Gasteiger partial charge in [-0.3, -0.25) is 4.79 Å². The molecular formula is C23H31IN4O2. The van der Waals surface area contributed by atoms with Crippen LogP contribution >= 0.6 is 24.0 Å². The largest absolute Gasteiger partial charge is 0.496 e. The molecule has 1 heterocycles. The molecule has 0 unspecified atom stereocenters. The molecule has 0 bridgehead atoms. The number of carbonyl (C=O) groups is 1. The molecule has 3 rings (SSSR count). The fourth-order valence-corrected chi connectivity index (χ4v) is 3.52. The minimum atomic E-state index is 0. The highest BCUT2D eigenvalue weighted by atomic mass is 127. The van der Waals surface area contributed by atoms with Gasteiger partial charge in [-0.25, -0.2) is 4.99 Å². The van der Waals surface area contributed by atoms with Crippen LogP contribution in [-0.4, -0.2) is 38.6 Å². The average Bonchev–Trinajstić information content (AvgIpc) is 3.19. The summed E-state index contributed by atoms with van der Waals surface area (Å²) in [4.78, 5) is 19.1. The van der Waals surface area contributed by atoms with E-state index in [1.807, 2.05) is 54.3 Å². The molecule has 0 saturated heterocycles. The van der Waals surface area contributed by atoms with E-state index in [4.69, 9.17) is 4.74 Å². The van der Waals surface area contributed by atoms with Gasteiger partial charge in [-0.2, -0.15) is 0 Å². The first-order chi connectivity index (χ1) is 14.2. The summed E-state index contributed by atoms with van der Waals surface area (Å²) in [6.07, 6.45) is 2.23. The van der Waals surface area contributed by atoms with Crippen molar-refractivity contribution in [3.63, 3.8) is 0 Å². The number of carbonyl (C=O) groups excluding carboxylic acids is 1. The van der Waals surface area contributed by atoms with Gasteiger partial charge in [0.05, 0.1) is 13.7 Å². The molecule has 0 spiro atoms. The maximum Gasteiger partial charge on any atom is 0.227 e. The van der Waals surface area contributed by atoms with Crippen molar-refractivity contribution in [1.29, 1.82) is 0 Å². The second-order valence-corrected chi connectivity index (χ2v) is 6.96. The first-order valence-corrected chi connectivity index (χ1v) is 10.2. The number of nitrogens with one attached hydrogen (secondary N) is 2. The van der Waals surface area contributed by atoms with E-state index in [0.29, 0.717) is 19.5 Å². The Balaban J connectivity index is 0.00000320. The van der Waals surface area contributed by atoms with E-state index in [0.717, 1.165) is 48.9 Å². The number of guanidine groups is 1. The van der Waals surface area contributed by atoms with Crippen molar-refractivity contribution in [3.8, 4) is 5.75 Å². The van der Waals surface area contributed by atoms with Crippen LogP contribution in [0.2, 0.25) is 0 Å². The van der Waals surface area contributed by atoms with Crippen molar-refractivity contribution in [2.24, 2.45) is 4.99 Å². The summed E-state index contributed by atoms with van der Waals surface area (Å²) < 4.78 is 5.38. The van der Waals surface area contributed by atoms with Gasteiger partial charge in [0.1, 0.15) is 5.75 Å². The van der Waals surface area contributed by atoms with Crippen molar-refractivity contribution < 1.29 is 9.53 Å². The Hall–Kier alpha value is -2.29. The lowest BCUT2D eigenvalue weighted by Crippen LogP contribution is -2.38. The summed E-state index contributed by atoms with van der Waals surface area (Å²) in [5.74, 6) is 1.77. The molecule has 6 nitrogen and oxygen atoms in total. The zero-order chi connectivity index (χ0) is 20.5. The Labute approximate surface area is 196 Å². The lowest BCUT2D eigenvalue weighted by molar-refractivity contribution is -0.118. The van der Waals surface area contributed by atoms with Crippen LogP contribution in [0.5, 0.6) is 5.75 Å². The first-order valence-electron chi connectivity index (χ1n) is 10.2. The van der Waals surface area contributed by atoms with E-state index in [1.165, 1.54) is 5.56 Å². The Morgan fingerprint density at radius 2 is 1.90 bits per heavy atom. The van der Waals surface area contributed by atoms with Gasteiger partial charge in [-0.15, -0.1) is 24.0 Å². The zero-order valence-corrected chi connectivity index (χ0v) is 20.0. The second-order valence-electron chi connectivity index (χ2n) is 6.96. The molecule has 0 atom stereocenters. The lowest BCUT2D eigenvalue weighted by Gasteiger charge is -2.17. The van der Waals surface area contributed by atoms with E-state index >= 15 is 0 Å². The fourth-order valence-electron chi connectivity index (χ4n) is 3.52. The summed E-state index contributed by atoms with van der Waals surface area (Å²) in [5, 5.41) is 6.57. The van der Waals surface area contributed by atoms with Crippen molar-refractivity contribution in [1.82, 2.24) is 10.6 Å². The third-order valence-electron chi connectivity index (χ3n) is 4.99. The van der Waals surface area contributed by atoms with Gasteiger partial charge >= 0.3 is 0 Å². The van der Waals surface area contributed by atoms with Gasteiger partial charge in [0, 0.05) is 37.3 Å². The quantitative estimate of drug-likeness (QED) is 0.240. The molecule has 162 valence electrons. The maximum absolute atomic E-state index is 12.6. The van der Waals surface area contributed by atoms with Crippen LogP contribution in [0, 0.1) is 0 Å². The standard InChI is InChI=1S/C23H30N4O2.HI/c1-3-24-23(26-17-19-10-5-7-12-21(19)29-2)25-15-8-13-22(28)27-16-14-18-9-4-6-11-20(18)27;/h4-7,9-12H,3,8,13-17H2,1-2H3,(H2,24,25,26);1H. The minimum absolute atomic E-state index is 0. The van der Waals surface area contributed by atoms with Crippen molar-refractivity contribution in [2.45, 2.75) is 32.7 Å². The summed E-state index contributed by atoms with van der Waals surface area (Å²) in [5.41, 5.74) is 3.36. The molecule has 30 heavy (non-hydrogen) atoms. The molecule has 1 aliphatic rings. The number of hydrogen-bond acceptors (Lipinski definition) is 3. The highest BCUT2D eigenvalue weighted by Crippen LogP contribution is 2.28. The second kappa shape index (κ2) is 12.4. The van der Waals surface area contributed by atoms with Gasteiger partial charge in [-0.05, 0) is 37.5 Å². The van der Waals surface area contributed by atoms with Crippen LogP contribution in [0.1, 0.15) is 30.9 Å². The van der Waals surface area contributed by atoms with Crippen LogP contribution in [0.15, 0.2) is 53.5 Å². The van der Waals surface area contributed by atoms with Crippen molar-refractivity contribution >= 4 is 41.5 Å². The highest BCUT2D eigenvalue weighted by Gasteiger charge is 2.23. The van der Waals surface area contributed by atoms with E-state index in [1.54, 1.807) is 7.11 Å². The van der Waals surface area contributed by atoms with E-state index < -0.39 is 0 Å². The number of para-hydroxylation sites is 2. The van der Waals surface area contributed by atoms with Crippen molar-refractivity contribution in [2.75, 3.05) is 31.6 Å². The molecule has 0 radical (unpaired) electrons. The summed E-state index contributed by atoms with van der Waals surface area (Å²) >= 11 is 0. The Morgan fingerprint density at radius 1 is 1.13 bits per heavy atom. The summed E-state index contributed by atoms with van der Waals surface area (Å²) in [6.45, 7) is 4.83. The number of benzene rings is 2. The third-order valence-corrected chi connectivity index (χ3v) is 4.99. The zero-order valence-electron chi connectivity index (χ0n) is 17.7. The number of nitrogens with zero attached hydrogens (tertiary/aromatic N) is 2. The van der Waals surface area contributed by atoms with Gasteiger partial charge < -0.3 is 20.3 Å². The van der Waals surface area contributed by atoms with Gasteiger partial charge in [0.2, 0.25) is 5.91 Å². The molecule has 0 fully saturated rings. The number of anilines is 1. The van der Waals surface area contributed by atoms with Gasteiger partial charge in [-0.1, -0.05) is 36.4 Å². The number of hydrogen-bond donors (Lipinski definition) is 2. The molecule has 7 heteroatoms. The maximum atomic E-state index is 12.6. The number of ether oxygens (including phenoxy) is 1. The Bertz CT molecular complexity index is 857. The number of fused-ring (bicyclic) bond motifs is 1. The van der Waals surface area contributed by atoms with Crippen LogP contribution in [-0.2, 0) is 17.8 Å². The number of methoxy groups -OCH3 is 1. The Kier molecular flexibility index (Phi) is 9.93. The molecule has 2 aromatic rings. The molecule has 0 aromatic heterocycles. The third kappa shape index (κ3) is 6.35. The predicted molar refractivity (Wildman–Crippen MR) is 133 cm³/mol. The fraction of sp³-hybridized carbons (Fsp3) is 0.391. The van der Waals surface area contributed by atoms with Gasteiger partial charge in [0.25, 0.3) is 0 Å². The Morgan fingerprint density at radius 3 is 2.70 bits per heavy atom. The van der Waals surface area contributed by atoms with Gasteiger partial charge in [0.15, 0.2) is 5.96 Å². The van der Waals surface area contributed by atoms with Crippen LogP contribution in [0.25, 0.3) is 0 Å². The normalized spacial score (nSPS) is 12.7. The molecule has 0 saturated carbocycles. The molecule has 2 aromatic carbocycles. The smallest absolute Gasteiger partial charge is 0.227 e. The van der Waals surface area contributed by atoms with E-state index in [2.05, 4.69) is 21.7 Å². The van der Waals surface area contributed by atoms with Crippen LogP contribution in [0.4, 0.5) is 5.69 Å². The van der Waals surface area contributed by atoms with E-state index in [9.17, 15) is 4.79 Å². The molecule has 2 N–H and O–H groups in total. The van der Waals surface area contributed by atoms with Crippen molar-refractivity contribution in [3.05, 3.63) is 59.7 Å². The molecule has 0 aliphatic carbocycles. The molecule has 1 amide bonds. The van der Waals surface area contributed by atoms with Crippen LogP contribution < -0.4 is 20.3 Å². The summed E-state index contributed by atoms with van der Waals surface area (Å²) in [6, 6.07) is 16.0. The van der Waals surface area contributed by atoms with E-state index in [-0.39, 0.29) is 29.9 Å². The minimum Gasteiger partial charge on any atom is -0.496 e. The predicted octanol–water partition coefficient (Wildman–Crippen LogP) is 3.74. The lowest BCUT2D eigenvalue weighted by atomic mass is 10.2. The SMILES string of the molecule is CCNC(=NCc1ccccc1OC)NCCCC(=O)N1CCc2ccccc21.I. The highest BCUT2D eigenvalue weighted by molar-refractivity contribution is 14.0. The monoisotopic (exact) mass is 522 g/mol. The molecule has 1 aliphatic heterocycles. The van der Waals surface area contributed by atoms with Crippen LogP contribution in [0.3, 0.4) is 0 Å². The number of halogens is 1. The topological polar surface area (TPSA) is 66.0 Å². The molecular weight excluding hydrogens is 491 g/mol. The first kappa shape index (κ1) is 24.0. The average molecular weight is 522 g/mol.